The topological polar surface area (TPSA) is 101 Å². The summed E-state index contributed by atoms with van der Waals surface area (Å²) < 4.78 is 22.9. The second kappa shape index (κ2) is 5.47. The molecule has 0 aliphatic carbocycles. The van der Waals surface area contributed by atoms with Crippen molar-refractivity contribution in [2.75, 3.05) is 18.6 Å². The molecule has 1 saturated heterocycles. The Hall–Kier alpha value is -1.51. The summed E-state index contributed by atoms with van der Waals surface area (Å²) in [5, 5.41) is 20.3. The zero-order chi connectivity index (χ0) is 14.9. The Morgan fingerprint density at radius 1 is 1.35 bits per heavy atom. The largest absolute Gasteiger partial charge is 0.390 e. The molecule has 1 aromatic carbocycles. The molecule has 1 fully saturated rings. The number of nitrogens with zero attached hydrogens (tertiary/aromatic N) is 2. The maximum Gasteiger partial charge on any atom is 0.269 e. The summed E-state index contributed by atoms with van der Waals surface area (Å²) in [5.41, 5.74) is 0.842. The lowest BCUT2D eigenvalue weighted by Gasteiger charge is -2.25. The zero-order valence-electron chi connectivity index (χ0n) is 11.0. The molecule has 1 N–H and O–H groups in total. The van der Waals surface area contributed by atoms with E-state index in [9.17, 15) is 23.6 Å². The van der Waals surface area contributed by atoms with E-state index in [2.05, 4.69) is 0 Å². The van der Waals surface area contributed by atoms with Crippen LogP contribution in [0.2, 0.25) is 0 Å². The Kier molecular flexibility index (Phi) is 4.07. The van der Waals surface area contributed by atoms with Crippen molar-refractivity contribution in [3.8, 4) is 0 Å². The molecule has 1 aliphatic rings. The van der Waals surface area contributed by atoms with E-state index in [0.717, 1.165) is 5.56 Å². The van der Waals surface area contributed by atoms with Crippen LogP contribution in [0.4, 0.5) is 5.69 Å². The Balaban J connectivity index is 2.04. The summed E-state index contributed by atoms with van der Waals surface area (Å²) in [6.07, 6.45) is -0.886. The van der Waals surface area contributed by atoms with Gasteiger partial charge in [-0.2, -0.15) is 0 Å². The quantitative estimate of drug-likeness (QED) is 0.629. The lowest BCUT2D eigenvalue weighted by molar-refractivity contribution is -0.384. The number of nitro groups is 1. The van der Waals surface area contributed by atoms with Crippen molar-refractivity contribution in [3.05, 3.63) is 39.9 Å². The highest BCUT2D eigenvalue weighted by atomic mass is 32.2. The number of rotatable bonds is 4. The highest BCUT2D eigenvalue weighted by molar-refractivity contribution is 7.91. The van der Waals surface area contributed by atoms with Gasteiger partial charge in [0.15, 0.2) is 9.84 Å². The van der Waals surface area contributed by atoms with E-state index in [1.54, 1.807) is 24.1 Å². The second-order valence-electron chi connectivity index (χ2n) is 5.05. The van der Waals surface area contributed by atoms with Gasteiger partial charge in [-0.05, 0) is 12.6 Å². The molecule has 8 heteroatoms. The molecule has 0 bridgehead atoms. The van der Waals surface area contributed by atoms with Gasteiger partial charge >= 0.3 is 0 Å². The third kappa shape index (κ3) is 3.33. The van der Waals surface area contributed by atoms with Gasteiger partial charge in [0.25, 0.3) is 5.69 Å². The lowest BCUT2D eigenvalue weighted by atomic mass is 10.1. The van der Waals surface area contributed by atoms with Crippen LogP contribution < -0.4 is 0 Å². The third-order valence-corrected chi connectivity index (χ3v) is 5.14. The molecule has 2 atom stereocenters. The summed E-state index contributed by atoms with van der Waals surface area (Å²) in [6, 6.07) is 5.64. The van der Waals surface area contributed by atoms with Gasteiger partial charge in [-0.25, -0.2) is 8.42 Å². The minimum absolute atomic E-state index is 0.0138. The minimum atomic E-state index is -3.18. The molecule has 110 valence electrons. The van der Waals surface area contributed by atoms with Crippen molar-refractivity contribution in [2.45, 2.75) is 18.7 Å². The first-order valence-corrected chi connectivity index (χ1v) is 7.93. The molecule has 1 aliphatic heterocycles. The number of aliphatic hydroxyl groups is 1. The molecule has 0 saturated carbocycles. The van der Waals surface area contributed by atoms with Crippen LogP contribution in [0.15, 0.2) is 24.3 Å². The van der Waals surface area contributed by atoms with Gasteiger partial charge in [-0.15, -0.1) is 0 Å². The third-order valence-electron chi connectivity index (χ3n) is 3.44. The molecule has 7 nitrogen and oxygen atoms in total. The molecular weight excluding hydrogens is 284 g/mol. The van der Waals surface area contributed by atoms with Crippen molar-refractivity contribution < 1.29 is 18.4 Å². The van der Waals surface area contributed by atoms with E-state index in [-0.39, 0.29) is 17.2 Å². The Morgan fingerprint density at radius 2 is 1.95 bits per heavy atom. The molecule has 0 spiro atoms. The minimum Gasteiger partial charge on any atom is -0.390 e. The van der Waals surface area contributed by atoms with Gasteiger partial charge in [0, 0.05) is 18.7 Å². The van der Waals surface area contributed by atoms with Gasteiger partial charge in [0.2, 0.25) is 0 Å². The average molecular weight is 300 g/mol. The number of non-ortho nitro benzene ring substituents is 1. The van der Waals surface area contributed by atoms with E-state index in [1.807, 2.05) is 0 Å². The highest BCUT2D eigenvalue weighted by Gasteiger charge is 2.38. The fourth-order valence-electron chi connectivity index (χ4n) is 2.36. The Morgan fingerprint density at radius 3 is 2.40 bits per heavy atom. The van der Waals surface area contributed by atoms with Crippen LogP contribution in [0.1, 0.15) is 5.56 Å². The van der Waals surface area contributed by atoms with E-state index < -0.39 is 26.9 Å². The van der Waals surface area contributed by atoms with Crippen LogP contribution in [0.5, 0.6) is 0 Å². The smallest absolute Gasteiger partial charge is 0.269 e. The van der Waals surface area contributed by atoms with Crippen LogP contribution in [0.3, 0.4) is 0 Å². The standard InChI is InChI=1S/C12H16N2O5S/c1-13(11-7-20(18,19)8-12(11)15)6-9-2-4-10(5-3-9)14(16)17/h2-5,11-12,15H,6-8H2,1H3/t11-,12+/m0/s1. The zero-order valence-corrected chi connectivity index (χ0v) is 11.8. The van der Waals surface area contributed by atoms with E-state index in [4.69, 9.17) is 0 Å². The van der Waals surface area contributed by atoms with Crippen molar-refractivity contribution in [3.63, 3.8) is 0 Å². The first kappa shape index (κ1) is 14.9. The van der Waals surface area contributed by atoms with Gasteiger partial charge in [-0.3, -0.25) is 15.0 Å². The molecule has 1 aromatic rings. The summed E-state index contributed by atoms with van der Waals surface area (Å²) >= 11 is 0. The van der Waals surface area contributed by atoms with Crippen LogP contribution in [-0.4, -0.2) is 54.0 Å². The maximum absolute atomic E-state index is 11.5. The molecule has 0 unspecified atom stereocenters. The molecular formula is C12H16N2O5S. The molecule has 0 aromatic heterocycles. The van der Waals surface area contributed by atoms with Gasteiger partial charge in [0.05, 0.1) is 28.6 Å². The number of hydrogen-bond acceptors (Lipinski definition) is 6. The van der Waals surface area contributed by atoms with Crippen LogP contribution in [0.25, 0.3) is 0 Å². The first-order chi connectivity index (χ1) is 9.28. The number of sulfone groups is 1. The Bertz CT molecular complexity index is 599. The number of aliphatic hydroxyl groups excluding tert-OH is 1. The van der Waals surface area contributed by atoms with Crippen molar-refractivity contribution in [2.24, 2.45) is 0 Å². The highest BCUT2D eigenvalue weighted by Crippen LogP contribution is 2.20. The van der Waals surface area contributed by atoms with Crippen LogP contribution >= 0.6 is 0 Å². The van der Waals surface area contributed by atoms with Crippen molar-refractivity contribution in [1.29, 1.82) is 0 Å². The molecule has 2 rings (SSSR count). The van der Waals surface area contributed by atoms with Gasteiger partial charge in [0.1, 0.15) is 0 Å². The van der Waals surface area contributed by atoms with Gasteiger partial charge in [-0.1, -0.05) is 12.1 Å². The molecule has 20 heavy (non-hydrogen) atoms. The normalized spacial score (nSPS) is 24.9. The van der Waals surface area contributed by atoms with E-state index >= 15 is 0 Å². The monoisotopic (exact) mass is 300 g/mol. The fourth-order valence-corrected chi connectivity index (χ4v) is 4.24. The predicted molar refractivity (Wildman–Crippen MR) is 73.0 cm³/mol. The average Bonchev–Trinajstić information content (AvgIpc) is 2.63. The first-order valence-electron chi connectivity index (χ1n) is 6.10. The summed E-state index contributed by atoms with van der Waals surface area (Å²) in [4.78, 5) is 11.8. The van der Waals surface area contributed by atoms with Crippen LogP contribution in [0, 0.1) is 10.1 Å². The molecule has 1 heterocycles. The maximum atomic E-state index is 11.5. The van der Waals surface area contributed by atoms with Gasteiger partial charge < -0.3 is 5.11 Å². The number of benzene rings is 1. The molecule has 0 amide bonds. The predicted octanol–water partition coefficient (Wildman–Crippen LogP) is 0.185. The summed E-state index contributed by atoms with van der Waals surface area (Å²) in [6.45, 7) is 0.426. The summed E-state index contributed by atoms with van der Waals surface area (Å²) in [5.74, 6) is -0.264. The fraction of sp³-hybridized carbons (Fsp3) is 0.500. The lowest BCUT2D eigenvalue weighted by Crippen LogP contribution is -2.40. The Labute approximate surface area is 116 Å². The number of likely N-dealkylation sites (N-methyl/N-ethyl adjacent to an activating group) is 1. The number of hydrogen-bond donors (Lipinski definition) is 1. The van der Waals surface area contributed by atoms with Crippen molar-refractivity contribution >= 4 is 15.5 Å². The number of nitro benzene ring substituents is 1. The van der Waals surface area contributed by atoms with E-state index in [1.165, 1.54) is 12.1 Å². The SMILES string of the molecule is CN(Cc1ccc([N+](=O)[O-])cc1)[C@H]1CS(=O)(=O)C[C@H]1O. The second-order valence-corrected chi connectivity index (χ2v) is 7.20. The summed E-state index contributed by atoms with van der Waals surface area (Å²) in [7, 11) is -1.45. The van der Waals surface area contributed by atoms with E-state index in [0.29, 0.717) is 6.54 Å². The van der Waals surface area contributed by atoms with Crippen molar-refractivity contribution in [1.82, 2.24) is 4.90 Å². The molecule has 0 radical (unpaired) electrons. The van der Waals surface area contributed by atoms with Crippen LogP contribution in [-0.2, 0) is 16.4 Å².